The third-order valence-corrected chi connectivity index (χ3v) is 2.88. The van der Waals surface area contributed by atoms with Gasteiger partial charge in [0.05, 0.1) is 6.61 Å². The highest BCUT2D eigenvalue weighted by molar-refractivity contribution is 5.36. The molecule has 1 saturated carbocycles. The van der Waals surface area contributed by atoms with E-state index in [0.29, 0.717) is 19.7 Å². The topological polar surface area (TPSA) is 44.8 Å². The average molecular weight is 200 g/mol. The molecule has 14 heavy (non-hydrogen) atoms. The first-order chi connectivity index (χ1) is 6.85. The van der Waals surface area contributed by atoms with E-state index in [0.717, 1.165) is 12.8 Å². The minimum Gasteiger partial charge on any atom is -0.465 e. The molecule has 0 bridgehead atoms. The summed E-state index contributed by atoms with van der Waals surface area (Å²) in [6.45, 7) is 1.31. The molecule has 0 aromatic rings. The molecule has 0 radical (unpaired) electrons. The lowest BCUT2D eigenvalue weighted by atomic mass is 9.94. The van der Waals surface area contributed by atoms with E-state index in [-0.39, 0.29) is 11.9 Å². The molecule has 1 saturated heterocycles. The largest absolute Gasteiger partial charge is 0.465 e. The number of rotatable bonds is 3. The molecule has 0 aromatic heterocycles. The summed E-state index contributed by atoms with van der Waals surface area (Å²) in [6.07, 6.45) is 5.49. The highest BCUT2D eigenvalue weighted by Crippen LogP contribution is 2.37. The Morgan fingerprint density at radius 1 is 1.36 bits per heavy atom. The van der Waals surface area contributed by atoms with E-state index in [9.17, 15) is 4.79 Å². The van der Waals surface area contributed by atoms with E-state index in [1.54, 1.807) is 0 Å². The van der Waals surface area contributed by atoms with Crippen LogP contribution in [0, 0.1) is 0 Å². The zero-order valence-electron chi connectivity index (χ0n) is 8.24. The molecule has 2 aliphatic rings. The predicted octanol–water partition coefficient (Wildman–Crippen LogP) is 1.24. The summed E-state index contributed by atoms with van der Waals surface area (Å²) in [5.41, 5.74) is 0. The Morgan fingerprint density at radius 2 is 2.14 bits per heavy atom. The van der Waals surface area contributed by atoms with Gasteiger partial charge < -0.3 is 14.2 Å². The summed E-state index contributed by atoms with van der Waals surface area (Å²) >= 11 is 0. The van der Waals surface area contributed by atoms with Gasteiger partial charge in [-0.15, -0.1) is 0 Å². The molecule has 2 fully saturated rings. The number of carbonyl (C=O) groups is 1. The van der Waals surface area contributed by atoms with Crippen molar-refractivity contribution in [3.05, 3.63) is 0 Å². The van der Waals surface area contributed by atoms with Crippen molar-refractivity contribution in [2.24, 2.45) is 0 Å². The number of hydrogen-bond donors (Lipinski definition) is 0. The van der Waals surface area contributed by atoms with E-state index in [1.807, 2.05) is 0 Å². The molecule has 1 unspecified atom stereocenters. The Morgan fingerprint density at radius 3 is 2.86 bits per heavy atom. The molecule has 1 spiro atoms. The molecule has 1 heterocycles. The van der Waals surface area contributed by atoms with Gasteiger partial charge in [0.1, 0.15) is 12.7 Å². The van der Waals surface area contributed by atoms with E-state index >= 15 is 0 Å². The highest BCUT2D eigenvalue weighted by Gasteiger charge is 2.42. The van der Waals surface area contributed by atoms with Crippen LogP contribution in [0.3, 0.4) is 0 Å². The summed E-state index contributed by atoms with van der Waals surface area (Å²) in [5.74, 6) is -0.352. The molecule has 0 amide bonds. The fourth-order valence-corrected chi connectivity index (χ4v) is 2.20. The van der Waals surface area contributed by atoms with Gasteiger partial charge in [-0.1, -0.05) is 6.42 Å². The molecule has 4 heteroatoms. The monoisotopic (exact) mass is 200 g/mol. The molecule has 80 valence electrons. The molecule has 1 aliphatic carbocycles. The smallest absolute Gasteiger partial charge is 0.293 e. The second-order valence-electron chi connectivity index (χ2n) is 3.95. The second kappa shape index (κ2) is 4.28. The maximum atomic E-state index is 10.0. The second-order valence-corrected chi connectivity index (χ2v) is 3.95. The van der Waals surface area contributed by atoms with Crippen LogP contribution in [0.5, 0.6) is 0 Å². The van der Waals surface area contributed by atoms with Gasteiger partial charge >= 0.3 is 0 Å². The fourth-order valence-electron chi connectivity index (χ4n) is 2.20. The van der Waals surface area contributed by atoms with Gasteiger partial charge in [0.15, 0.2) is 5.79 Å². The molecule has 4 nitrogen and oxygen atoms in total. The first-order valence-electron chi connectivity index (χ1n) is 5.22. The van der Waals surface area contributed by atoms with Crippen molar-refractivity contribution in [2.75, 3.05) is 13.2 Å². The zero-order chi connectivity index (χ0) is 9.86. The molecule has 1 aliphatic heterocycles. The van der Waals surface area contributed by atoms with Crippen molar-refractivity contribution >= 4 is 6.47 Å². The van der Waals surface area contributed by atoms with Crippen LogP contribution < -0.4 is 0 Å². The number of ether oxygens (including phenoxy) is 3. The molecule has 1 atom stereocenters. The first-order valence-corrected chi connectivity index (χ1v) is 5.22. The van der Waals surface area contributed by atoms with Crippen molar-refractivity contribution in [1.29, 1.82) is 0 Å². The molecule has 0 aromatic carbocycles. The zero-order valence-corrected chi connectivity index (χ0v) is 8.24. The maximum absolute atomic E-state index is 10.0. The summed E-state index contributed by atoms with van der Waals surface area (Å²) in [5, 5.41) is 0. The number of hydrogen-bond acceptors (Lipinski definition) is 4. The van der Waals surface area contributed by atoms with Crippen LogP contribution >= 0.6 is 0 Å². The summed E-state index contributed by atoms with van der Waals surface area (Å²) in [7, 11) is 0. The quantitative estimate of drug-likeness (QED) is 0.643. The lowest BCUT2D eigenvalue weighted by Gasteiger charge is -2.31. The van der Waals surface area contributed by atoms with Gasteiger partial charge in [-0.2, -0.15) is 0 Å². The van der Waals surface area contributed by atoms with Crippen LogP contribution in [0.2, 0.25) is 0 Å². The van der Waals surface area contributed by atoms with E-state index in [4.69, 9.17) is 9.47 Å². The van der Waals surface area contributed by atoms with Gasteiger partial charge in [-0.05, 0) is 12.8 Å². The number of carbonyl (C=O) groups excluding carboxylic acids is 1. The molecule has 0 N–H and O–H groups in total. The van der Waals surface area contributed by atoms with Crippen LogP contribution in [0.25, 0.3) is 0 Å². The van der Waals surface area contributed by atoms with Gasteiger partial charge in [0.25, 0.3) is 6.47 Å². The third-order valence-electron chi connectivity index (χ3n) is 2.88. The normalized spacial score (nSPS) is 30.4. The van der Waals surface area contributed by atoms with Gasteiger partial charge in [0.2, 0.25) is 0 Å². The minimum absolute atomic E-state index is 0.0710. The van der Waals surface area contributed by atoms with E-state index in [2.05, 4.69) is 4.74 Å². The summed E-state index contributed by atoms with van der Waals surface area (Å²) in [4.78, 5) is 10.0. The first kappa shape index (κ1) is 9.93. The Balaban J connectivity index is 1.82. The standard InChI is InChI=1S/C10H16O4/c11-8-12-6-9-7-13-10(14-9)4-2-1-3-5-10/h8-9H,1-7H2. The third kappa shape index (κ3) is 2.07. The Labute approximate surface area is 83.5 Å². The Kier molecular flexibility index (Phi) is 3.03. The molecular formula is C10H16O4. The highest BCUT2D eigenvalue weighted by atomic mass is 16.8. The lowest BCUT2D eigenvalue weighted by Crippen LogP contribution is -2.33. The van der Waals surface area contributed by atoms with Gasteiger partial charge in [-0.3, -0.25) is 4.79 Å². The lowest BCUT2D eigenvalue weighted by molar-refractivity contribution is -0.191. The van der Waals surface area contributed by atoms with Crippen molar-refractivity contribution < 1.29 is 19.0 Å². The summed E-state index contributed by atoms with van der Waals surface area (Å²) in [6, 6.07) is 0. The average Bonchev–Trinajstić information content (AvgIpc) is 2.60. The van der Waals surface area contributed by atoms with Crippen molar-refractivity contribution in [1.82, 2.24) is 0 Å². The van der Waals surface area contributed by atoms with Crippen LogP contribution in [0.1, 0.15) is 32.1 Å². The SMILES string of the molecule is O=COCC1COC2(CCCCC2)O1. The van der Waals surface area contributed by atoms with Crippen LogP contribution in [-0.2, 0) is 19.0 Å². The maximum Gasteiger partial charge on any atom is 0.293 e. The van der Waals surface area contributed by atoms with Crippen molar-refractivity contribution in [3.63, 3.8) is 0 Å². The van der Waals surface area contributed by atoms with E-state index < -0.39 is 0 Å². The van der Waals surface area contributed by atoms with Crippen LogP contribution in [-0.4, -0.2) is 31.6 Å². The van der Waals surface area contributed by atoms with Gasteiger partial charge in [-0.25, -0.2) is 0 Å². The fraction of sp³-hybridized carbons (Fsp3) is 0.900. The Hall–Kier alpha value is -0.610. The van der Waals surface area contributed by atoms with E-state index in [1.165, 1.54) is 19.3 Å². The van der Waals surface area contributed by atoms with Gasteiger partial charge in [0, 0.05) is 12.8 Å². The van der Waals surface area contributed by atoms with Crippen molar-refractivity contribution in [2.45, 2.75) is 44.0 Å². The molecule has 2 rings (SSSR count). The van der Waals surface area contributed by atoms with Crippen LogP contribution in [0.4, 0.5) is 0 Å². The van der Waals surface area contributed by atoms with Crippen molar-refractivity contribution in [3.8, 4) is 0 Å². The minimum atomic E-state index is -0.352. The Bertz CT molecular complexity index is 198. The predicted molar refractivity (Wildman–Crippen MR) is 48.7 cm³/mol. The summed E-state index contributed by atoms with van der Waals surface area (Å²) < 4.78 is 16.1. The van der Waals surface area contributed by atoms with Crippen LogP contribution in [0.15, 0.2) is 0 Å². The molecular weight excluding hydrogens is 184 g/mol.